The second kappa shape index (κ2) is 14.1. The lowest BCUT2D eigenvalue weighted by atomic mass is 9.92. The molecule has 3 aliphatic heterocycles. The number of aliphatic carboxylic acids is 1. The van der Waals surface area contributed by atoms with Gasteiger partial charge in [-0.2, -0.15) is 0 Å². The molecule has 6 atom stereocenters. The molecule has 264 valence electrons. The molecule has 1 aromatic carbocycles. The van der Waals surface area contributed by atoms with Gasteiger partial charge >= 0.3 is 11.9 Å². The molecule has 0 spiro atoms. The Bertz CT molecular complexity index is 1620. The molecule has 11 nitrogen and oxygen atoms in total. The van der Waals surface area contributed by atoms with Gasteiger partial charge in [0.05, 0.1) is 19.0 Å². The number of hydrogen-bond acceptors (Lipinski definition) is 8. The van der Waals surface area contributed by atoms with Crippen molar-refractivity contribution in [2.24, 2.45) is 23.7 Å². The van der Waals surface area contributed by atoms with Crippen LogP contribution < -0.4 is 10.1 Å². The number of hydrogen-bond donors (Lipinski definition) is 2. The molecule has 2 saturated heterocycles. The van der Waals surface area contributed by atoms with E-state index in [1.165, 1.54) is 0 Å². The third-order valence-corrected chi connectivity index (χ3v) is 10.6. The van der Waals surface area contributed by atoms with E-state index >= 15 is 0 Å². The van der Waals surface area contributed by atoms with Crippen LogP contribution in [0.2, 0.25) is 0 Å². The number of benzene rings is 1. The Morgan fingerprint density at radius 3 is 2.61 bits per heavy atom. The van der Waals surface area contributed by atoms with Crippen molar-refractivity contribution in [2.75, 3.05) is 26.7 Å². The molecule has 49 heavy (non-hydrogen) atoms. The number of amides is 2. The summed E-state index contributed by atoms with van der Waals surface area (Å²) in [6.07, 6.45) is 9.25. The normalized spacial score (nSPS) is 30.2. The number of ether oxygens (including phenoxy) is 2. The van der Waals surface area contributed by atoms with Crippen LogP contribution in [0.15, 0.2) is 42.5 Å². The predicted octanol–water partition coefficient (Wildman–Crippen LogP) is 4.72. The molecular formula is C38H50N4O7. The van der Waals surface area contributed by atoms with E-state index in [9.17, 15) is 24.3 Å². The minimum Gasteiger partial charge on any atom is -0.481 e. The molecule has 2 N–H and O–H groups in total. The monoisotopic (exact) mass is 674 g/mol. The van der Waals surface area contributed by atoms with Crippen molar-refractivity contribution in [3.8, 4) is 5.88 Å². The largest absolute Gasteiger partial charge is 0.481 e. The van der Waals surface area contributed by atoms with Crippen molar-refractivity contribution in [1.82, 2.24) is 20.1 Å². The number of carbonyl (C=O) groups is 4. The molecule has 0 bridgehead atoms. The van der Waals surface area contributed by atoms with Crippen LogP contribution in [0.25, 0.3) is 10.9 Å². The zero-order chi connectivity index (χ0) is 34.9. The number of methoxy groups -OCH3 is 1. The second-order valence-electron chi connectivity index (χ2n) is 15.4. The van der Waals surface area contributed by atoms with Gasteiger partial charge in [-0.3, -0.25) is 19.3 Å². The first kappa shape index (κ1) is 34.9. The van der Waals surface area contributed by atoms with Gasteiger partial charge < -0.3 is 24.8 Å². The molecule has 4 heterocycles. The number of nitrogens with zero attached hydrogens (tertiary/aromatic N) is 3. The van der Waals surface area contributed by atoms with E-state index in [-0.39, 0.29) is 30.1 Å². The van der Waals surface area contributed by atoms with E-state index in [0.29, 0.717) is 44.9 Å². The third kappa shape index (κ3) is 7.61. The molecule has 0 radical (unpaired) electrons. The lowest BCUT2D eigenvalue weighted by molar-refractivity contribution is -0.159. The Hall–Kier alpha value is -3.99. The zero-order valence-corrected chi connectivity index (χ0v) is 29.2. The number of rotatable bonds is 6. The standard InChI is InChI=1S/C38H50N4O7/c1-37(2,3)49-32(43)18-24-13-9-7-5-6-8-10-14-27-19-38(27,36(46)47)40-34(44)33-29-23-41(21-26(29)22-42(33)35(24)45)20-25-17-31(48-4)39-30-16-12-11-15-28(25)30/h10-12,14-17,24,26-27,29,33H,5-9,13,18-23H2,1-4H3,(H,40,44)(H,46,47)/b14-10-/t24-,26-,27+,29-,33-,38+/m0/s1. The zero-order valence-electron chi connectivity index (χ0n) is 29.2. The summed E-state index contributed by atoms with van der Waals surface area (Å²) in [6, 6.07) is 9.03. The molecule has 11 heteroatoms. The molecule has 1 saturated carbocycles. The minimum atomic E-state index is -1.38. The van der Waals surface area contributed by atoms with E-state index in [1.807, 2.05) is 63.3 Å². The van der Waals surface area contributed by atoms with Crippen LogP contribution in [-0.2, 0) is 30.5 Å². The maximum atomic E-state index is 14.5. The van der Waals surface area contributed by atoms with Crippen molar-refractivity contribution in [2.45, 2.75) is 95.9 Å². The lowest BCUT2D eigenvalue weighted by Crippen LogP contribution is -2.56. The average molecular weight is 675 g/mol. The summed E-state index contributed by atoms with van der Waals surface area (Å²) in [4.78, 5) is 63.0. The molecule has 0 unspecified atom stereocenters. The lowest BCUT2D eigenvalue weighted by Gasteiger charge is -2.32. The summed E-state index contributed by atoms with van der Waals surface area (Å²) < 4.78 is 11.1. The van der Waals surface area contributed by atoms with Gasteiger partial charge in [-0.15, -0.1) is 0 Å². The highest BCUT2D eigenvalue weighted by Gasteiger charge is 2.62. The first-order valence-electron chi connectivity index (χ1n) is 17.8. The Kier molecular flexibility index (Phi) is 10.0. The number of esters is 1. The van der Waals surface area contributed by atoms with Gasteiger partial charge in [-0.05, 0) is 64.0 Å². The molecule has 6 rings (SSSR count). The van der Waals surface area contributed by atoms with Gasteiger partial charge in [-0.25, -0.2) is 9.78 Å². The fourth-order valence-corrected chi connectivity index (χ4v) is 8.18. The smallest absolute Gasteiger partial charge is 0.330 e. The Morgan fingerprint density at radius 1 is 1.08 bits per heavy atom. The number of aromatic nitrogens is 1. The van der Waals surface area contributed by atoms with E-state index in [1.54, 1.807) is 12.0 Å². The molecule has 4 aliphatic rings. The van der Waals surface area contributed by atoms with Crippen molar-refractivity contribution < 1.29 is 33.8 Å². The van der Waals surface area contributed by atoms with Gasteiger partial charge in [0.25, 0.3) is 0 Å². The summed E-state index contributed by atoms with van der Waals surface area (Å²) >= 11 is 0. The Morgan fingerprint density at radius 2 is 1.86 bits per heavy atom. The second-order valence-corrected chi connectivity index (χ2v) is 15.4. The van der Waals surface area contributed by atoms with Crippen LogP contribution in [0.4, 0.5) is 0 Å². The number of nitrogens with one attached hydrogen (secondary N) is 1. The third-order valence-electron chi connectivity index (χ3n) is 10.6. The maximum Gasteiger partial charge on any atom is 0.330 e. The average Bonchev–Trinajstić information content (AvgIpc) is 3.42. The summed E-state index contributed by atoms with van der Waals surface area (Å²) in [7, 11) is 1.60. The van der Waals surface area contributed by atoms with Crippen LogP contribution in [0, 0.1) is 23.7 Å². The number of para-hydroxylation sites is 1. The number of likely N-dealkylation sites (tertiary alicyclic amines) is 1. The highest BCUT2D eigenvalue weighted by atomic mass is 16.6. The van der Waals surface area contributed by atoms with Gasteiger partial charge in [0.1, 0.15) is 17.2 Å². The molecule has 3 fully saturated rings. The highest BCUT2D eigenvalue weighted by Crippen LogP contribution is 2.46. The topological polar surface area (TPSA) is 138 Å². The summed E-state index contributed by atoms with van der Waals surface area (Å²) in [5.74, 6) is -2.71. The van der Waals surface area contributed by atoms with Gasteiger partial charge in [-0.1, -0.05) is 49.6 Å². The highest BCUT2D eigenvalue weighted by molar-refractivity contribution is 5.96. The Labute approximate surface area is 288 Å². The first-order chi connectivity index (χ1) is 23.4. The van der Waals surface area contributed by atoms with Crippen LogP contribution in [0.3, 0.4) is 0 Å². The van der Waals surface area contributed by atoms with E-state index in [2.05, 4.69) is 15.2 Å². The Balaban J connectivity index is 1.29. The van der Waals surface area contributed by atoms with Crippen molar-refractivity contribution in [3.63, 3.8) is 0 Å². The van der Waals surface area contributed by atoms with Crippen molar-refractivity contribution in [1.29, 1.82) is 0 Å². The van der Waals surface area contributed by atoms with E-state index in [4.69, 9.17) is 9.47 Å². The number of allylic oxidation sites excluding steroid dienone is 1. The van der Waals surface area contributed by atoms with E-state index in [0.717, 1.165) is 48.6 Å². The molecule has 2 amide bonds. The number of carboxylic acid groups (broad SMARTS) is 1. The fourth-order valence-electron chi connectivity index (χ4n) is 8.18. The van der Waals surface area contributed by atoms with Gasteiger partial charge in [0.2, 0.25) is 17.7 Å². The van der Waals surface area contributed by atoms with Crippen molar-refractivity contribution >= 4 is 34.7 Å². The molecule has 1 aromatic heterocycles. The fraction of sp³-hybridized carbons (Fsp3) is 0.605. The maximum absolute atomic E-state index is 14.5. The number of carbonyl (C=O) groups excluding carboxylic acids is 3. The van der Waals surface area contributed by atoms with Gasteiger partial charge in [0, 0.05) is 55.4 Å². The molecule has 2 aromatic rings. The number of carboxylic acids is 1. The number of pyridine rings is 1. The molecule has 1 aliphatic carbocycles. The van der Waals surface area contributed by atoms with Gasteiger partial charge in [0.15, 0.2) is 0 Å². The quantitative estimate of drug-likeness (QED) is 0.329. The summed E-state index contributed by atoms with van der Waals surface area (Å²) in [5, 5.41) is 14.2. The van der Waals surface area contributed by atoms with E-state index < -0.39 is 40.9 Å². The van der Waals surface area contributed by atoms with Crippen LogP contribution >= 0.6 is 0 Å². The first-order valence-corrected chi connectivity index (χ1v) is 17.8. The SMILES string of the molecule is COc1cc(CN2C[C@H]3CN4C(=O)[C@H](CC(=O)OC(C)(C)C)CCCCCC/C=C\[C@@H]5C[C@@]5(C(=O)O)NC(=O)[C@@H]4[C@H]3C2)c2ccccc2n1. The number of fused-ring (bicyclic) bond motifs is 5. The van der Waals surface area contributed by atoms with Crippen molar-refractivity contribution in [3.05, 3.63) is 48.0 Å². The molecular weight excluding hydrogens is 624 g/mol. The van der Waals surface area contributed by atoms with Crippen LogP contribution in [0.5, 0.6) is 5.88 Å². The summed E-state index contributed by atoms with van der Waals surface area (Å²) in [5.41, 5.74) is -0.155. The predicted molar refractivity (Wildman–Crippen MR) is 183 cm³/mol. The minimum absolute atomic E-state index is 0.00892. The summed E-state index contributed by atoms with van der Waals surface area (Å²) in [6.45, 7) is 7.64. The van der Waals surface area contributed by atoms with Crippen LogP contribution in [0.1, 0.15) is 77.7 Å². The van der Waals surface area contributed by atoms with Crippen LogP contribution in [-0.4, -0.2) is 87.6 Å².